The maximum absolute atomic E-state index is 11.3. The normalized spacial score (nSPS) is 11.1. The van der Waals surface area contributed by atoms with Gasteiger partial charge in [0.2, 0.25) is 0 Å². The van der Waals surface area contributed by atoms with Gasteiger partial charge in [0.1, 0.15) is 7.11 Å². The third kappa shape index (κ3) is 1.52. The summed E-state index contributed by atoms with van der Waals surface area (Å²) in [6, 6.07) is 3.33. The molecule has 7 heteroatoms. The molecule has 1 aromatic carbocycles. The highest BCUT2D eigenvalue weighted by Crippen LogP contribution is 2.23. The Morgan fingerprint density at radius 3 is 3.00 bits per heavy atom. The first kappa shape index (κ1) is 10.2. The van der Waals surface area contributed by atoms with Crippen LogP contribution in [0.3, 0.4) is 0 Å². The molecule has 2 aromatic rings. The lowest BCUT2D eigenvalue weighted by Crippen LogP contribution is -2.23. The molecule has 1 heterocycles. The van der Waals surface area contributed by atoms with E-state index < -0.39 is 0 Å². The molecule has 0 saturated heterocycles. The Hall–Kier alpha value is -2.31. The molecular formula is C9H9N3O4. The highest BCUT2D eigenvalue weighted by molar-refractivity contribution is 5.96. The Morgan fingerprint density at radius 2 is 2.31 bits per heavy atom. The molecule has 0 aliphatic rings. The SMILES string of the molecule is CO/N=C/c1ccc(OC)c2c1no[n+]2[O-]. The fraction of sp³-hybridized carbons (Fsp3) is 0.222. The molecule has 0 aliphatic carbocycles. The van der Waals surface area contributed by atoms with Crippen molar-refractivity contribution in [3.8, 4) is 5.75 Å². The lowest BCUT2D eigenvalue weighted by atomic mass is 10.2. The van der Waals surface area contributed by atoms with Gasteiger partial charge in [-0.05, 0) is 17.0 Å². The number of hydrogen-bond acceptors (Lipinski definition) is 6. The second kappa shape index (κ2) is 4.05. The van der Waals surface area contributed by atoms with Gasteiger partial charge in [-0.3, -0.25) is 4.63 Å². The number of rotatable bonds is 3. The van der Waals surface area contributed by atoms with Gasteiger partial charge in [0.25, 0.3) is 11.0 Å². The lowest BCUT2D eigenvalue weighted by Gasteiger charge is -1.99. The van der Waals surface area contributed by atoms with Gasteiger partial charge in [-0.2, -0.15) is 0 Å². The van der Waals surface area contributed by atoms with E-state index >= 15 is 0 Å². The van der Waals surface area contributed by atoms with E-state index in [1.807, 2.05) is 0 Å². The van der Waals surface area contributed by atoms with Crippen molar-refractivity contribution in [2.75, 3.05) is 14.2 Å². The van der Waals surface area contributed by atoms with Crippen molar-refractivity contribution in [1.82, 2.24) is 5.16 Å². The van der Waals surface area contributed by atoms with E-state index in [-0.39, 0.29) is 10.4 Å². The van der Waals surface area contributed by atoms with Crippen molar-refractivity contribution in [3.63, 3.8) is 0 Å². The molecule has 0 spiro atoms. The van der Waals surface area contributed by atoms with Crippen molar-refractivity contribution >= 4 is 17.2 Å². The maximum atomic E-state index is 11.3. The summed E-state index contributed by atoms with van der Waals surface area (Å²) in [7, 11) is 2.89. The van der Waals surface area contributed by atoms with Gasteiger partial charge in [-0.1, -0.05) is 5.16 Å². The van der Waals surface area contributed by atoms with Gasteiger partial charge in [0.05, 0.1) is 18.9 Å². The molecule has 1 aromatic heterocycles. The summed E-state index contributed by atoms with van der Waals surface area (Å²) in [5.41, 5.74) is 1.20. The molecule has 0 bridgehead atoms. The van der Waals surface area contributed by atoms with Crippen LogP contribution in [0, 0.1) is 5.21 Å². The summed E-state index contributed by atoms with van der Waals surface area (Å²) in [5, 5.41) is 18.5. The largest absolute Gasteiger partial charge is 0.492 e. The second-order valence-electron chi connectivity index (χ2n) is 2.90. The predicted octanol–water partition coefficient (Wildman–Crippen LogP) is 0.450. The molecule has 16 heavy (non-hydrogen) atoms. The zero-order valence-electron chi connectivity index (χ0n) is 8.71. The van der Waals surface area contributed by atoms with Crippen LogP contribution in [-0.4, -0.2) is 25.6 Å². The highest BCUT2D eigenvalue weighted by atomic mass is 16.8. The minimum Gasteiger partial charge on any atom is -0.492 e. The molecule has 84 valence electrons. The monoisotopic (exact) mass is 223 g/mol. The van der Waals surface area contributed by atoms with Gasteiger partial charge >= 0.3 is 0 Å². The summed E-state index contributed by atoms with van der Waals surface area (Å²) in [6.07, 6.45) is 1.43. The van der Waals surface area contributed by atoms with Crippen LogP contribution >= 0.6 is 0 Å². The Labute approximate surface area is 90.4 Å². The third-order valence-corrected chi connectivity index (χ3v) is 2.05. The minimum absolute atomic E-state index is 0.225. The van der Waals surface area contributed by atoms with Crippen LogP contribution in [0.2, 0.25) is 0 Å². The first-order chi connectivity index (χ1) is 7.77. The van der Waals surface area contributed by atoms with Gasteiger partial charge in [-0.15, -0.1) is 0 Å². The van der Waals surface area contributed by atoms with Crippen LogP contribution in [0.4, 0.5) is 0 Å². The van der Waals surface area contributed by atoms with Crippen LogP contribution in [-0.2, 0) is 4.84 Å². The molecular weight excluding hydrogens is 214 g/mol. The first-order valence-corrected chi connectivity index (χ1v) is 4.41. The van der Waals surface area contributed by atoms with Crippen molar-refractivity contribution in [2.24, 2.45) is 5.16 Å². The molecule has 0 saturated carbocycles. The Bertz CT molecular complexity index is 535. The summed E-state index contributed by atoms with van der Waals surface area (Å²) in [5.74, 6) is 0.390. The molecule has 0 unspecified atom stereocenters. The molecule has 7 nitrogen and oxygen atoms in total. The van der Waals surface area contributed by atoms with E-state index in [2.05, 4.69) is 19.8 Å². The van der Waals surface area contributed by atoms with Gasteiger partial charge in [-0.25, -0.2) is 0 Å². The number of hydrogen-bond donors (Lipinski definition) is 0. The number of oxime groups is 1. The van der Waals surface area contributed by atoms with Crippen LogP contribution < -0.4 is 9.64 Å². The van der Waals surface area contributed by atoms with Gasteiger partial charge in [0, 0.05) is 5.16 Å². The van der Waals surface area contributed by atoms with Gasteiger partial charge in [0.15, 0.2) is 5.75 Å². The Balaban J connectivity index is 2.66. The summed E-state index contributed by atoms with van der Waals surface area (Å²) in [6.45, 7) is 0. The smallest absolute Gasteiger partial charge is 0.268 e. The van der Waals surface area contributed by atoms with Crippen LogP contribution in [0.25, 0.3) is 11.0 Å². The summed E-state index contributed by atoms with van der Waals surface area (Å²) >= 11 is 0. The Kier molecular flexibility index (Phi) is 2.59. The standard InChI is InChI=1S/C9H9N3O4/c1-14-7-4-3-6(5-10-15-2)8-9(7)12(13)16-11-8/h3-5H,1-2H3/b10-5+. The fourth-order valence-corrected chi connectivity index (χ4v) is 1.35. The van der Waals surface area contributed by atoms with Crippen molar-refractivity contribution in [3.05, 3.63) is 22.9 Å². The second-order valence-corrected chi connectivity index (χ2v) is 2.90. The zero-order valence-corrected chi connectivity index (χ0v) is 8.71. The molecule has 0 amide bonds. The molecule has 0 aliphatic heterocycles. The van der Waals surface area contributed by atoms with Crippen molar-refractivity contribution in [2.45, 2.75) is 0 Å². The summed E-state index contributed by atoms with van der Waals surface area (Å²) < 4.78 is 9.54. The van der Waals surface area contributed by atoms with E-state index in [1.54, 1.807) is 12.1 Å². The minimum atomic E-state index is 0.225. The quantitative estimate of drug-likeness (QED) is 0.428. The number of nitrogens with zero attached hydrogens (tertiary/aromatic N) is 3. The third-order valence-electron chi connectivity index (χ3n) is 2.05. The average molecular weight is 223 g/mol. The maximum Gasteiger partial charge on any atom is 0.268 e. The molecule has 2 rings (SSSR count). The average Bonchev–Trinajstić information content (AvgIpc) is 2.69. The van der Waals surface area contributed by atoms with E-state index in [4.69, 9.17) is 4.74 Å². The van der Waals surface area contributed by atoms with E-state index in [0.717, 1.165) is 0 Å². The first-order valence-electron chi connectivity index (χ1n) is 4.41. The lowest BCUT2D eigenvalue weighted by molar-refractivity contribution is -0.782. The molecule has 0 fully saturated rings. The molecule has 0 radical (unpaired) electrons. The Morgan fingerprint density at radius 1 is 1.50 bits per heavy atom. The number of fused-ring (bicyclic) bond motifs is 1. The molecule has 0 atom stereocenters. The predicted molar refractivity (Wildman–Crippen MR) is 54.1 cm³/mol. The number of aromatic nitrogens is 2. The van der Waals surface area contributed by atoms with Crippen LogP contribution in [0.1, 0.15) is 5.56 Å². The van der Waals surface area contributed by atoms with Crippen molar-refractivity contribution in [1.29, 1.82) is 0 Å². The van der Waals surface area contributed by atoms with E-state index in [0.29, 0.717) is 16.8 Å². The molecule has 0 N–H and O–H groups in total. The number of methoxy groups -OCH3 is 1. The van der Waals surface area contributed by atoms with Crippen LogP contribution in [0.5, 0.6) is 5.75 Å². The number of ether oxygens (including phenoxy) is 1. The van der Waals surface area contributed by atoms with Gasteiger partial charge < -0.3 is 14.8 Å². The topological polar surface area (TPSA) is 83.8 Å². The van der Waals surface area contributed by atoms with E-state index in [1.165, 1.54) is 20.4 Å². The summed E-state index contributed by atoms with van der Waals surface area (Å²) in [4.78, 5) is 4.84. The van der Waals surface area contributed by atoms with E-state index in [9.17, 15) is 5.21 Å². The van der Waals surface area contributed by atoms with Crippen molar-refractivity contribution < 1.29 is 19.1 Å². The highest BCUT2D eigenvalue weighted by Gasteiger charge is 2.18. The number of benzene rings is 1. The fourth-order valence-electron chi connectivity index (χ4n) is 1.35. The zero-order chi connectivity index (χ0) is 11.5. The van der Waals surface area contributed by atoms with Crippen LogP contribution in [0.15, 0.2) is 21.9 Å².